The Labute approximate surface area is 125 Å². The maximum atomic E-state index is 12.1. The molecule has 1 atom stereocenters. The Balaban J connectivity index is 1.90. The summed E-state index contributed by atoms with van der Waals surface area (Å²) in [7, 11) is 0. The van der Waals surface area contributed by atoms with Crippen LogP contribution in [0, 0.1) is 12.8 Å². The number of carbonyl (C=O) groups excluding carboxylic acids is 1. The van der Waals surface area contributed by atoms with Gasteiger partial charge in [0.2, 0.25) is 0 Å². The van der Waals surface area contributed by atoms with Gasteiger partial charge in [0.05, 0.1) is 18.1 Å². The van der Waals surface area contributed by atoms with Crippen LogP contribution in [0.15, 0.2) is 12.1 Å². The molecule has 1 fully saturated rings. The number of aryl methyl sites for hydroxylation is 1. The van der Waals surface area contributed by atoms with E-state index in [0.29, 0.717) is 18.5 Å². The van der Waals surface area contributed by atoms with Crippen molar-refractivity contribution < 1.29 is 9.53 Å². The van der Waals surface area contributed by atoms with Crippen molar-refractivity contribution >= 4 is 17.2 Å². The zero-order chi connectivity index (χ0) is 14.5. The fourth-order valence-electron chi connectivity index (χ4n) is 2.54. The van der Waals surface area contributed by atoms with Crippen molar-refractivity contribution in [3.63, 3.8) is 0 Å². The van der Waals surface area contributed by atoms with Gasteiger partial charge in [-0.25, -0.2) is 0 Å². The Kier molecular flexibility index (Phi) is 5.57. The minimum atomic E-state index is 0.0435. The number of morpholine rings is 1. The standard InChI is InChI=1S/C15H24N2O2S/c1-11(2)13(17-6-8-19-9-7-17)10-16-15(18)14-5-4-12(3)20-14/h4-5,11,13H,6-10H2,1-3H3,(H,16,18). The van der Waals surface area contributed by atoms with Crippen molar-refractivity contribution in [1.82, 2.24) is 10.2 Å². The first-order valence-corrected chi connectivity index (χ1v) is 8.06. The highest BCUT2D eigenvalue weighted by molar-refractivity contribution is 7.13. The van der Waals surface area contributed by atoms with Crippen LogP contribution in [0.1, 0.15) is 28.4 Å². The van der Waals surface area contributed by atoms with Crippen molar-refractivity contribution in [3.8, 4) is 0 Å². The van der Waals surface area contributed by atoms with Gasteiger partial charge in [-0.1, -0.05) is 13.8 Å². The monoisotopic (exact) mass is 296 g/mol. The molecular formula is C15H24N2O2S. The molecule has 20 heavy (non-hydrogen) atoms. The first-order valence-electron chi connectivity index (χ1n) is 7.24. The van der Waals surface area contributed by atoms with E-state index in [4.69, 9.17) is 4.74 Å². The summed E-state index contributed by atoms with van der Waals surface area (Å²) in [5.41, 5.74) is 0. The fourth-order valence-corrected chi connectivity index (χ4v) is 3.32. The third-order valence-electron chi connectivity index (χ3n) is 3.72. The number of nitrogens with zero attached hydrogens (tertiary/aromatic N) is 1. The van der Waals surface area contributed by atoms with Gasteiger partial charge >= 0.3 is 0 Å². The van der Waals surface area contributed by atoms with Gasteiger partial charge in [-0.2, -0.15) is 0 Å². The van der Waals surface area contributed by atoms with Crippen molar-refractivity contribution in [2.45, 2.75) is 26.8 Å². The molecule has 1 aromatic rings. The van der Waals surface area contributed by atoms with Crippen LogP contribution in [0.2, 0.25) is 0 Å². The van der Waals surface area contributed by atoms with Gasteiger partial charge in [0.1, 0.15) is 0 Å². The largest absolute Gasteiger partial charge is 0.379 e. The van der Waals surface area contributed by atoms with Crippen LogP contribution in [-0.2, 0) is 4.74 Å². The lowest BCUT2D eigenvalue weighted by molar-refractivity contribution is 0.00674. The molecule has 5 heteroatoms. The molecule has 0 spiro atoms. The van der Waals surface area contributed by atoms with E-state index in [0.717, 1.165) is 31.2 Å². The van der Waals surface area contributed by atoms with E-state index in [1.807, 2.05) is 19.1 Å². The number of carbonyl (C=O) groups is 1. The quantitative estimate of drug-likeness (QED) is 0.905. The molecule has 1 amide bonds. The number of nitrogens with one attached hydrogen (secondary N) is 1. The van der Waals surface area contributed by atoms with Gasteiger partial charge in [-0.3, -0.25) is 9.69 Å². The highest BCUT2D eigenvalue weighted by Gasteiger charge is 2.24. The molecule has 0 aliphatic carbocycles. The number of thiophene rings is 1. The van der Waals surface area contributed by atoms with Crippen molar-refractivity contribution in [2.75, 3.05) is 32.8 Å². The summed E-state index contributed by atoms with van der Waals surface area (Å²) in [5, 5.41) is 3.08. The van der Waals surface area contributed by atoms with Crippen LogP contribution in [0.25, 0.3) is 0 Å². The van der Waals surface area contributed by atoms with Crippen molar-refractivity contribution in [3.05, 3.63) is 21.9 Å². The molecule has 0 aromatic carbocycles. The first-order chi connectivity index (χ1) is 9.58. The van der Waals surface area contributed by atoms with Gasteiger partial charge in [0.15, 0.2) is 0 Å². The Bertz CT molecular complexity index is 439. The van der Waals surface area contributed by atoms with E-state index in [1.165, 1.54) is 4.88 Å². The summed E-state index contributed by atoms with van der Waals surface area (Å²) in [4.78, 5) is 16.5. The van der Waals surface area contributed by atoms with Crippen molar-refractivity contribution in [1.29, 1.82) is 0 Å². The Hall–Kier alpha value is -0.910. The number of ether oxygens (including phenoxy) is 1. The van der Waals surface area contributed by atoms with Gasteiger partial charge in [0, 0.05) is 30.6 Å². The lowest BCUT2D eigenvalue weighted by Gasteiger charge is -2.36. The minimum Gasteiger partial charge on any atom is -0.379 e. The average molecular weight is 296 g/mol. The van der Waals surface area contributed by atoms with E-state index in [-0.39, 0.29) is 5.91 Å². The topological polar surface area (TPSA) is 41.6 Å². The predicted molar refractivity (Wildman–Crippen MR) is 82.4 cm³/mol. The highest BCUT2D eigenvalue weighted by atomic mass is 32.1. The third-order valence-corrected chi connectivity index (χ3v) is 4.72. The molecule has 0 saturated carbocycles. The maximum Gasteiger partial charge on any atom is 0.261 e. The highest BCUT2D eigenvalue weighted by Crippen LogP contribution is 2.16. The number of amides is 1. The Morgan fingerprint density at radius 2 is 2.10 bits per heavy atom. The summed E-state index contributed by atoms with van der Waals surface area (Å²) >= 11 is 1.55. The summed E-state index contributed by atoms with van der Waals surface area (Å²) in [6.07, 6.45) is 0. The van der Waals surface area contributed by atoms with E-state index in [2.05, 4.69) is 24.1 Å². The molecule has 1 aromatic heterocycles. The summed E-state index contributed by atoms with van der Waals surface area (Å²) in [6, 6.07) is 4.26. The van der Waals surface area contributed by atoms with E-state index >= 15 is 0 Å². The Morgan fingerprint density at radius 3 is 2.65 bits per heavy atom. The number of hydrogen-bond acceptors (Lipinski definition) is 4. The molecule has 1 saturated heterocycles. The van der Waals surface area contributed by atoms with Crippen LogP contribution in [0.3, 0.4) is 0 Å². The molecule has 1 aliphatic heterocycles. The smallest absolute Gasteiger partial charge is 0.261 e. The molecule has 2 rings (SSSR count). The zero-order valence-electron chi connectivity index (χ0n) is 12.5. The molecule has 2 heterocycles. The van der Waals surface area contributed by atoms with Gasteiger partial charge in [-0.05, 0) is 25.0 Å². The lowest BCUT2D eigenvalue weighted by Crippen LogP contribution is -2.51. The van der Waals surface area contributed by atoms with Gasteiger partial charge < -0.3 is 10.1 Å². The Morgan fingerprint density at radius 1 is 1.40 bits per heavy atom. The van der Waals surface area contributed by atoms with E-state index in [1.54, 1.807) is 11.3 Å². The fraction of sp³-hybridized carbons (Fsp3) is 0.667. The first kappa shape index (κ1) is 15.5. The van der Waals surface area contributed by atoms with Gasteiger partial charge in [-0.15, -0.1) is 11.3 Å². The third kappa shape index (κ3) is 4.04. The molecule has 1 N–H and O–H groups in total. The molecule has 0 bridgehead atoms. The van der Waals surface area contributed by atoms with Crippen LogP contribution in [0.4, 0.5) is 0 Å². The van der Waals surface area contributed by atoms with Crippen LogP contribution < -0.4 is 5.32 Å². The maximum absolute atomic E-state index is 12.1. The van der Waals surface area contributed by atoms with Gasteiger partial charge in [0.25, 0.3) is 5.91 Å². The molecule has 1 aliphatic rings. The second-order valence-electron chi connectivity index (χ2n) is 5.58. The van der Waals surface area contributed by atoms with E-state index in [9.17, 15) is 4.79 Å². The second-order valence-corrected chi connectivity index (χ2v) is 6.87. The molecule has 0 radical (unpaired) electrons. The van der Waals surface area contributed by atoms with Crippen LogP contribution >= 0.6 is 11.3 Å². The van der Waals surface area contributed by atoms with Crippen LogP contribution in [-0.4, -0.2) is 49.7 Å². The van der Waals surface area contributed by atoms with E-state index < -0.39 is 0 Å². The lowest BCUT2D eigenvalue weighted by atomic mass is 10.0. The van der Waals surface area contributed by atoms with Crippen LogP contribution in [0.5, 0.6) is 0 Å². The molecule has 112 valence electrons. The minimum absolute atomic E-state index is 0.0435. The summed E-state index contributed by atoms with van der Waals surface area (Å²) in [5.74, 6) is 0.556. The molecular weight excluding hydrogens is 272 g/mol. The normalized spacial score (nSPS) is 18.2. The summed E-state index contributed by atoms with van der Waals surface area (Å²) < 4.78 is 5.40. The average Bonchev–Trinajstić information content (AvgIpc) is 2.86. The second kappa shape index (κ2) is 7.20. The number of hydrogen-bond donors (Lipinski definition) is 1. The zero-order valence-corrected chi connectivity index (χ0v) is 13.3. The molecule has 1 unspecified atom stereocenters. The summed E-state index contributed by atoms with van der Waals surface area (Å²) in [6.45, 7) is 10.6. The van der Waals surface area contributed by atoms with Crippen molar-refractivity contribution in [2.24, 2.45) is 5.92 Å². The SMILES string of the molecule is Cc1ccc(C(=O)NCC(C(C)C)N2CCOCC2)s1. The predicted octanol–water partition coefficient (Wildman–Crippen LogP) is 2.14. The molecule has 4 nitrogen and oxygen atoms in total. The number of rotatable bonds is 5.